The van der Waals surface area contributed by atoms with Gasteiger partial charge in [-0.15, -0.1) is 0 Å². The van der Waals surface area contributed by atoms with E-state index in [0.717, 1.165) is 5.56 Å². The summed E-state index contributed by atoms with van der Waals surface area (Å²) in [7, 11) is 0. The second kappa shape index (κ2) is 11.6. The third-order valence-corrected chi connectivity index (χ3v) is 5.49. The Hall–Kier alpha value is -4.15. The minimum absolute atomic E-state index is 0.00511. The van der Waals surface area contributed by atoms with Crippen LogP contribution in [0.3, 0.4) is 0 Å². The number of hydrogen-bond acceptors (Lipinski definition) is 7. The van der Waals surface area contributed by atoms with Crippen molar-refractivity contribution in [1.82, 2.24) is 10.2 Å². The number of aliphatic carboxylic acids is 1. The zero-order chi connectivity index (χ0) is 24.5. The number of non-ortho nitro benzene ring substituents is 1. The number of carbonyl (C=O) groups excluding carboxylic acids is 2. The number of nitrogens with one attached hydrogen (secondary N) is 1. The molecule has 0 radical (unpaired) electrons. The number of anilines is 1. The molecule has 11 heteroatoms. The monoisotopic (exact) mass is 470 g/mol. The number of ether oxygens (including phenoxy) is 1. The lowest BCUT2D eigenvalue weighted by Crippen LogP contribution is -2.49. The van der Waals surface area contributed by atoms with Gasteiger partial charge in [-0.1, -0.05) is 36.4 Å². The molecule has 0 aliphatic carbocycles. The summed E-state index contributed by atoms with van der Waals surface area (Å²) in [5, 5.41) is 22.7. The summed E-state index contributed by atoms with van der Waals surface area (Å²) < 4.78 is 5.05. The molecular weight excluding hydrogens is 444 g/mol. The summed E-state index contributed by atoms with van der Waals surface area (Å²) in [6.45, 7) is 1.82. The Balaban J connectivity index is 1.44. The summed E-state index contributed by atoms with van der Waals surface area (Å²) in [5.41, 5.74) is 1.49. The van der Waals surface area contributed by atoms with E-state index in [0.29, 0.717) is 31.9 Å². The van der Waals surface area contributed by atoms with E-state index in [1.807, 2.05) is 11.0 Å². The van der Waals surface area contributed by atoms with E-state index >= 15 is 0 Å². The molecule has 0 aromatic heterocycles. The Morgan fingerprint density at radius 1 is 1.06 bits per heavy atom. The van der Waals surface area contributed by atoms with Crippen LogP contribution in [0.5, 0.6) is 0 Å². The molecule has 34 heavy (non-hydrogen) atoms. The van der Waals surface area contributed by atoms with Crippen molar-refractivity contribution in [2.24, 2.45) is 0 Å². The summed E-state index contributed by atoms with van der Waals surface area (Å²) in [5.74, 6) is -1.47. The van der Waals surface area contributed by atoms with Gasteiger partial charge in [0, 0.05) is 50.4 Å². The van der Waals surface area contributed by atoms with Crippen LogP contribution in [0.2, 0.25) is 0 Å². The van der Waals surface area contributed by atoms with E-state index in [4.69, 9.17) is 4.74 Å². The van der Waals surface area contributed by atoms with Crippen molar-refractivity contribution in [2.45, 2.75) is 25.5 Å². The van der Waals surface area contributed by atoms with Gasteiger partial charge in [0.2, 0.25) is 5.91 Å². The molecule has 0 unspecified atom stereocenters. The predicted molar refractivity (Wildman–Crippen MR) is 122 cm³/mol. The lowest BCUT2D eigenvalue weighted by atomic mass is 10.1. The van der Waals surface area contributed by atoms with Gasteiger partial charge in [0.25, 0.3) is 5.69 Å². The molecule has 2 aromatic rings. The first kappa shape index (κ1) is 24.5. The normalized spacial score (nSPS) is 14.2. The van der Waals surface area contributed by atoms with E-state index in [-0.39, 0.29) is 31.0 Å². The molecule has 11 nitrogen and oxygen atoms in total. The highest BCUT2D eigenvalue weighted by atomic mass is 16.6. The highest BCUT2D eigenvalue weighted by molar-refractivity contribution is 5.82. The summed E-state index contributed by atoms with van der Waals surface area (Å²) in [4.78, 5) is 50.2. The molecule has 180 valence electrons. The van der Waals surface area contributed by atoms with Crippen LogP contribution in [0.4, 0.5) is 16.2 Å². The molecule has 0 bridgehead atoms. The van der Waals surface area contributed by atoms with Gasteiger partial charge >= 0.3 is 12.1 Å². The van der Waals surface area contributed by atoms with Crippen LogP contribution in [0, 0.1) is 10.1 Å². The van der Waals surface area contributed by atoms with Gasteiger partial charge < -0.3 is 25.0 Å². The summed E-state index contributed by atoms with van der Waals surface area (Å²) in [6, 6.07) is 14.0. The minimum atomic E-state index is -1.25. The molecule has 1 aliphatic heterocycles. The molecule has 1 atom stereocenters. The maximum Gasteiger partial charge on any atom is 0.408 e. The van der Waals surface area contributed by atoms with Crippen LogP contribution in [0.25, 0.3) is 0 Å². The molecule has 2 N–H and O–H groups in total. The lowest BCUT2D eigenvalue weighted by molar-refractivity contribution is -0.384. The second-order valence-electron chi connectivity index (χ2n) is 7.78. The molecule has 0 saturated carbocycles. The topological polar surface area (TPSA) is 142 Å². The highest BCUT2D eigenvalue weighted by Crippen LogP contribution is 2.22. The van der Waals surface area contributed by atoms with Crippen molar-refractivity contribution in [3.63, 3.8) is 0 Å². The molecule has 2 amide bonds. The number of nitro groups is 1. The summed E-state index contributed by atoms with van der Waals surface area (Å²) >= 11 is 0. The van der Waals surface area contributed by atoms with Gasteiger partial charge in [-0.05, 0) is 18.1 Å². The Morgan fingerprint density at radius 2 is 1.76 bits per heavy atom. The standard InChI is InChI=1S/C23H26N4O7/c28-21(26-13-11-25(12-14-26)18-7-4-8-19(15-18)27(32)33)10-9-20(22(29)30)24-23(31)34-16-17-5-2-1-3-6-17/h1-8,15,20H,9-14,16H2,(H,24,31)(H,29,30)/t20-/m0/s1. The SMILES string of the molecule is O=C(N[C@@H](CCC(=O)N1CCN(c2cccc([N+](=O)[O-])c2)CC1)C(=O)O)OCc1ccccc1. The first-order valence-corrected chi connectivity index (χ1v) is 10.8. The van der Waals surface area contributed by atoms with Crippen molar-refractivity contribution in [3.05, 3.63) is 70.3 Å². The van der Waals surface area contributed by atoms with Crippen LogP contribution >= 0.6 is 0 Å². The number of carbonyl (C=O) groups is 3. The first-order valence-electron chi connectivity index (χ1n) is 10.8. The number of piperazine rings is 1. The number of nitrogens with zero attached hydrogens (tertiary/aromatic N) is 3. The largest absolute Gasteiger partial charge is 0.480 e. The zero-order valence-corrected chi connectivity index (χ0v) is 18.5. The molecule has 1 aliphatic rings. The zero-order valence-electron chi connectivity index (χ0n) is 18.5. The average Bonchev–Trinajstić information content (AvgIpc) is 2.85. The van der Waals surface area contributed by atoms with Crippen molar-refractivity contribution in [1.29, 1.82) is 0 Å². The van der Waals surface area contributed by atoms with Gasteiger partial charge in [-0.25, -0.2) is 9.59 Å². The Kier molecular flexibility index (Phi) is 8.38. The number of alkyl carbamates (subject to hydrolysis) is 1. The van der Waals surface area contributed by atoms with Crippen LogP contribution in [0.15, 0.2) is 54.6 Å². The molecule has 1 fully saturated rings. The van der Waals surface area contributed by atoms with Gasteiger partial charge in [0.05, 0.1) is 4.92 Å². The van der Waals surface area contributed by atoms with Crippen molar-refractivity contribution in [3.8, 4) is 0 Å². The first-order chi connectivity index (χ1) is 16.3. The third-order valence-electron chi connectivity index (χ3n) is 5.49. The van der Waals surface area contributed by atoms with Crippen molar-refractivity contribution < 1.29 is 29.2 Å². The molecule has 1 saturated heterocycles. The van der Waals surface area contributed by atoms with E-state index in [9.17, 15) is 29.6 Å². The van der Waals surface area contributed by atoms with E-state index in [1.165, 1.54) is 12.1 Å². The van der Waals surface area contributed by atoms with Crippen LogP contribution < -0.4 is 10.2 Å². The lowest BCUT2D eigenvalue weighted by Gasteiger charge is -2.36. The van der Waals surface area contributed by atoms with Gasteiger partial charge in [-0.2, -0.15) is 0 Å². The quantitative estimate of drug-likeness (QED) is 0.420. The predicted octanol–water partition coefficient (Wildman–Crippen LogP) is 2.40. The van der Waals surface area contributed by atoms with E-state index in [2.05, 4.69) is 5.32 Å². The molecule has 2 aromatic carbocycles. The fraction of sp³-hybridized carbons (Fsp3) is 0.348. The summed E-state index contributed by atoms with van der Waals surface area (Å²) in [6.07, 6.45) is -0.985. The van der Waals surface area contributed by atoms with Crippen LogP contribution in [0.1, 0.15) is 18.4 Å². The molecule has 3 rings (SSSR count). The Morgan fingerprint density at radius 3 is 2.41 bits per heavy atom. The number of rotatable bonds is 9. The fourth-order valence-electron chi connectivity index (χ4n) is 3.61. The minimum Gasteiger partial charge on any atom is -0.480 e. The second-order valence-corrected chi connectivity index (χ2v) is 7.78. The maximum atomic E-state index is 12.6. The number of hydrogen-bond donors (Lipinski definition) is 2. The number of nitro benzene ring substituents is 1. The number of carboxylic acids is 1. The average molecular weight is 470 g/mol. The van der Waals surface area contributed by atoms with Crippen molar-refractivity contribution >= 4 is 29.3 Å². The van der Waals surface area contributed by atoms with Crippen molar-refractivity contribution in [2.75, 3.05) is 31.1 Å². The van der Waals surface area contributed by atoms with Crippen LogP contribution in [-0.4, -0.2) is 65.1 Å². The van der Waals surface area contributed by atoms with E-state index < -0.39 is 23.0 Å². The Bertz CT molecular complexity index is 1020. The fourth-order valence-corrected chi connectivity index (χ4v) is 3.61. The number of amides is 2. The van der Waals surface area contributed by atoms with Gasteiger partial charge in [0.15, 0.2) is 0 Å². The highest BCUT2D eigenvalue weighted by Gasteiger charge is 2.26. The van der Waals surface area contributed by atoms with Gasteiger partial charge in [-0.3, -0.25) is 14.9 Å². The van der Waals surface area contributed by atoms with Crippen LogP contribution in [-0.2, 0) is 20.9 Å². The Labute approximate surface area is 196 Å². The molecule has 0 spiro atoms. The smallest absolute Gasteiger partial charge is 0.408 e. The third kappa shape index (κ3) is 6.92. The van der Waals surface area contributed by atoms with E-state index in [1.54, 1.807) is 41.3 Å². The number of benzene rings is 2. The molecule has 1 heterocycles. The number of carboxylic acid groups (broad SMARTS) is 1. The van der Waals surface area contributed by atoms with Gasteiger partial charge in [0.1, 0.15) is 12.6 Å². The maximum absolute atomic E-state index is 12.6. The molecular formula is C23H26N4O7.